The Kier molecular flexibility index (Phi) is 5.18. The highest BCUT2D eigenvalue weighted by Crippen LogP contribution is 2.30. The van der Waals surface area contributed by atoms with E-state index in [9.17, 15) is 4.79 Å². The second-order valence-electron chi connectivity index (χ2n) is 5.78. The van der Waals surface area contributed by atoms with Gasteiger partial charge >= 0.3 is 0 Å². The van der Waals surface area contributed by atoms with Gasteiger partial charge in [-0.3, -0.25) is 10.1 Å². The number of rotatable bonds is 6. The normalized spacial score (nSPS) is 23.1. The minimum absolute atomic E-state index is 0.0653. The molecule has 0 spiro atoms. The second-order valence-corrected chi connectivity index (χ2v) is 7.10. The maximum absolute atomic E-state index is 12.3. The van der Waals surface area contributed by atoms with Gasteiger partial charge in [0, 0.05) is 16.3 Å². The van der Waals surface area contributed by atoms with Crippen LogP contribution in [0.2, 0.25) is 0 Å². The molecule has 0 radical (unpaired) electrons. The van der Waals surface area contributed by atoms with Crippen LogP contribution in [0.25, 0.3) is 0 Å². The van der Waals surface area contributed by atoms with Crippen LogP contribution in [0.1, 0.15) is 35.7 Å². The van der Waals surface area contributed by atoms with Crippen molar-refractivity contribution in [2.75, 3.05) is 27.2 Å². The Bertz CT molecular complexity index is 458. The molecule has 20 heavy (non-hydrogen) atoms. The Morgan fingerprint density at radius 1 is 1.35 bits per heavy atom. The van der Waals surface area contributed by atoms with Gasteiger partial charge in [0.2, 0.25) is 5.91 Å². The summed E-state index contributed by atoms with van der Waals surface area (Å²) in [4.78, 5) is 19.0. The Labute approximate surface area is 125 Å². The number of aryl methyl sites for hydroxylation is 1. The molecule has 4 nitrogen and oxygen atoms in total. The quantitative estimate of drug-likeness (QED) is 0.817. The summed E-state index contributed by atoms with van der Waals surface area (Å²) in [5.41, 5.74) is 0. The number of nitrogens with zero attached hydrogens (tertiary/aromatic N) is 2. The molecule has 2 atom stereocenters. The van der Waals surface area contributed by atoms with E-state index in [1.54, 1.807) is 11.3 Å². The SMILES string of the molecule is Cc1ccc(C2NC(C)C(=O)N2CCCCN(C)C)s1. The number of hydrogen-bond donors (Lipinski definition) is 1. The average Bonchev–Trinajstić information content (AvgIpc) is 2.92. The molecule has 112 valence electrons. The number of hydrogen-bond acceptors (Lipinski definition) is 4. The van der Waals surface area contributed by atoms with Crippen molar-refractivity contribution in [2.45, 2.75) is 38.9 Å². The van der Waals surface area contributed by atoms with Crippen LogP contribution in [-0.2, 0) is 4.79 Å². The molecule has 0 aliphatic carbocycles. The molecule has 1 aromatic heterocycles. The van der Waals surface area contributed by atoms with Crippen molar-refractivity contribution in [3.63, 3.8) is 0 Å². The molecular weight excluding hydrogens is 270 g/mol. The predicted octanol–water partition coefficient (Wildman–Crippen LogP) is 2.22. The van der Waals surface area contributed by atoms with Gasteiger partial charge in [-0.2, -0.15) is 0 Å². The maximum Gasteiger partial charge on any atom is 0.241 e. The summed E-state index contributed by atoms with van der Waals surface area (Å²) in [6, 6.07) is 4.19. The molecule has 1 aromatic rings. The predicted molar refractivity (Wildman–Crippen MR) is 83.9 cm³/mol. The number of amides is 1. The lowest BCUT2D eigenvalue weighted by atomic mass is 10.2. The number of unbranched alkanes of at least 4 members (excludes halogenated alkanes) is 1. The molecule has 1 saturated heterocycles. The van der Waals surface area contributed by atoms with Gasteiger partial charge in [0.05, 0.1) is 6.04 Å². The Morgan fingerprint density at radius 2 is 2.10 bits per heavy atom. The molecule has 0 aromatic carbocycles. The van der Waals surface area contributed by atoms with Crippen LogP contribution < -0.4 is 5.32 Å². The van der Waals surface area contributed by atoms with Crippen LogP contribution in [-0.4, -0.2) is 48.9 Å². The smallest absolute Gasteiger partial charge is 0.241 e. The molecule has 0 saturated carbocycles. The summed E-state index contributed by atoms with van der Waals surface area (Å²) in [5, 5.41) is 3.41. The van der Waals surface area contributed by atoms with Crippen LogP contribution in [0.5, 0.6) is 0 Å². The van der Waals surface area contributed by atoms with E-state index in [0.29, 0.717) is 0 Å². The standard InChI is InChI=1S/C15H25N3OS/c1-11-7-8-13(20-11)14-16-12(2)15(19)18(14)10-6-5-9-17(3)4/h7-8,12,14,16H,5-6,9-10H2,1-4H3. The molecule has 1 aliphatic heterocycles. The lowest BCUT2D eigenvalue weighted by molar-refractivity contribution is -0.129. The Balaban J connectivity index is 1.97. The molecule has 0 bridgehead atoms. The first-order chi connectivity index (χ1) is 9.49. The lowest BCUT2D eigenvalue weighted by Gasteiger charge is -2.23. The van der Waals surface area contributed by atoms with Gasteiger partial charge in [0.15, 0.2) is 0 Å². The van der Waals surface area contributed by atoms with Crippen LogP contribution in [0.15, 0.2) is 12.1 Å². The lowest BCUT2D eigenvalue weighted by Crippen LogP contribution is -2.31. The number of carbonyl (C=O) groups is 1. The molecule has 1 N–H and O–H groups in total. The van der Waals surface area contributed by atoms with E-state index in [4.69, 9.17) is 0 Å². The number of thiophene rings is 1. The first kappa shape index (κ1) is 15.5. The molecule has 1 aliphatic rings. The van der Waals surface area contributed by atoms with Crippen molar-refractivity contribution >= 4 is 17.2 Å². The minimum atomic E-state index is -0.0729. The highest BCUT2D eigenvalue weighted by atomic mass is 32.1. The summed E-state index contributed by atoms with van der Waals surface area (Å²) >= 11 is 1.77. The highest BCUT2D eigenvalue weighted by Gasteiger charge is 2.37. The van der Waals surface area contributed by atoms with Crippen molar-refractivity contribution in [1.82, 2.24) is 15.1 Å². The van der Waals surface area contributed by atoms with Crippen molar-refractivity contribution in [3.05, 3.63) is 21.9 Å². The van der Waals surface area contributed by atoms with Gasteiger partial charge < -0.3 is 9.80 Å². The highest BCUT2D eigenvalue weighted by molar-refractivity contribution is 7.12. The molecule has 2 rings (SSSR count). The van der Waals surface area contributed by atoms with E-state index >= 15 is 0 Å². The molecule has 2 heterocycles. The van der Waals surface area contributed by atoms with Crippen LogP contribution in [0.3, 0.4) is 0 Å². The summed E-state index contributed by atoms with van der Waals surface area (Å²) in [5.74, 6) is 0.228. The van der Waals surface area contributed by atoms with Gasteiger partial charge in [-0.05, 0) is 59.5 Å². The van der Waals surface area contributed by atoms with Gasteiger partial charge in [-0.25, -0.2) is 0 Å². The maximum atomic E-state index is 12.3. The topological polar surface area (TPSA) is 35.6 Å². The van der Waals surface area contributed by atoms with E-state index in [1.165, 1.54) is 9.75 Å². The zero-order valence-electron chi connectivity index (χ0n) is 12.8. The monoisotopic (exact) mass is 295 g/mol. The zero-order chi connectivity index (χ0) is 14.7. The fourth-order valence-corrected chi connectivity index (χ4v) is 3.51. The number of carbonyl (C=O) groups excluding carboxylic acids is 1. The van der Waals surface area contributed by atoms with Crippen molar-refractivity contribution in [2.24, 2.45) is 0 Å². The van der Waals surface area contributed by atoms with Crippen molar-refractivity contribution in [1.29, 1.82) is 0 Å². The Morgan fingerprint density at radius 3 is 2.70 bits per heavy atom. The average molecular weight is 295 g/mol. The van der Waals surface area contributed by atoms with Gasteiger partial charge in [0.1, 0.15) is 6.17 Å². The summed E-state index contributed by atoms with van der Waals surface area (Å²) in [6.45, 7) is 5.98. The third kappa shape index (κ3) is 3.59. The summed E-state index contributed by atoms with van der Waals surface area (Å²) in [6.07, 6.45) is 2.25. The first-order valence-corrected chi connectivity index (χ1v) is 8.08. The summed E-state index contributed by atoms with van der Waals surface area (Å²) < 4.78 is 0. The third-order valence-electron chi connectivity index (χ3n) is 3.66. The summed E-state index contributed by atoms with van der Waals surface area (Å²) in [7, 11) is 4.17. The van der Waals surface area contributed by atoms with Crippen LogP contribution in [0.4, 0.5) is 0 Å². The van der Waals surface area contributed by atoms with E-state index < -0.39 is 0 Å². The van der Waals surface area contributed by atoms with Gasteiger partial charge in [-0.1, -0.05) is 0 Å². The molecule has 1 fully saturated rings. The minimum Gasteiger partial charge on any atom is -0.321 e. The van der Waals surface area contributed by atoms with Crippen molar-refractivity contribution in [3.8, 4) is 0 Å². The zero-order valence-corrected chi connectivity index (χ0v) is 13.7. The Hall–Kier alpha value is -0.910. The third-order valence-corrected chi connectivity index (χ3v) is 4.71. The second kappa shape index (κ2) is 6.70. The van der Waals surface area contributed by atoms with Crippen LogP contribution in [0, 0.1) is 6.92 Å². The molecule has 2 unspecified atom stereocenters. The molecule has 5 heteroatoms. The van der Waals surface area contributed by atoms with E-state index in [-0.39, 0.29) is 18.1 Å². The van der Waals surface area contributed by atoms with E-state index in [2.05, 4.69) is 43.4 Å². The van der Waals surface area contributed by atoms with E-state index in [1.807, 2.05) is 11.8 Å². The van der Waals surface area contributed by atoms with Gasteiger partial charge in [0.25, 0.3) is 0 Å². The first-order valence-electron chi connectivity index (χ1n) is 7.26. The van der Waals surface area contributed by atoms with Crippen molar-refractivity contribution < 1.29 is 4.79 Å². The van der Waals surface area contributed by atoms with E-state index in [0.717, 1.165) is 25.9 Å². The molecular formula is C15H25N3OS. The largest absolute Gasteiger partial charge is 0.321 e. The fraction of sp³-hybridized carbons (Fsp3) is 0.667. The number of nitrogens with one attached hydrogen (secondary N) is 1. The van der Waals surface area contributed by atoms with Gasteiger partial charge in [-0.15, -0.1) is 11.3 Å². The fourth-order valence-electron chi connectivity index (χ4n) is 2.56. The molecule has 1 amide bonds. The van der Waals surface area contributed by atoms with Crippen LogP contribution >= 0.6 is 11.3 Å².